The molecule has 1 aliphatic heterocycles. The number of unbranched alkanes of at least 4 members (excludes halogenated alkanes) is 8. The van der Waals surface area contributed by atoms with Gasteiger partial charge in [0.1, 0.15) is 5.75 Å². The van der Waals surface area contributed by atoms with Gasteiger partial charge in [0.15, 0.2) is 0 Å². The lowest BCUT2D eigenvalue weighted by atomic mass is 9.93. The third-order valence-electron chi connectivity index (χ3n) is 7.54. The van der Waals surface area contributed by atoms with Crippen LogP contribution in [0.2, 0.25) is 0 Å². The Morgan fingerprint density at radius 3 is 2.36 bits per heavy atom. The lowest BCUT2D eigenvalue weighted by Gasteiger charge is -2.37. The summed E-state index contributed by atoms with van der Waals surface area (Å²) < 4.78 is 11.4. The van der Waals surface area contributed by atoms with Gasteiger partial charge in [0.05, 0.1) is 19.8 Å². The largest absolute Gasteiger partial charge is 0.497 e. The monoisotopic (exact) mass is 536 g/mol. The zero-order valence-corrected chi connectivity index (χ0v) is 24.1. The van der Waals surface area contributed by atoms with Crippen LogP contribution in [0.15, 0.2) is 48.5 Å². The molecular weight excluding hydrogens is 488 g/mol. The van der Waals surface area contributed by atoms with Crippen LogP contribution in [0.1, 0.15) is 99.0 Å². The number of carbonyl (C=O) groups is 2. The van der Waals surface area contributed by atoms with Crippen molar-refractivity contribution in [2.24, 2.45) is 0 Å². The van der Waals surface area contributed by atoms with Crippen LogP contribution in [0.3, 0.4) is 0 Å². The molecule has 0 aromatic heterocycles. The molecule has 2 aromatic carbocycles. The van der Waals surface area contributed by atoms with Gasteiger partial charge in [-0.05, 0) is 55.0 Å². The number of hydrogen-bond donors (Lipinski definition) is 1. The first-order chi connectivity index (χ1) is 19.1. The SMILES string of the molecule is CCCCNC(=O)CCCCCCCCCCOCC1Cc2ccccc2CN1C(=O)c1cccc(OC)c1. The summed E-state index contributed by atoms with van der Waals surface area (Å²) in [5.41, 5.74) is 3.16. The molecule has 0 radical (unpaired) electrons. The highest BCUT2D eigenvalue weighted by Gasteiger charge is 2.30. The maximum absolute atomic E-state index is 13.5. The second kappa shape index (κ2) is 17.7. The highest BCUT2D eigenvalue weighted by Crippen LogP contribution is 2.26. The number of methoxy groups -OCH3 is 1. The fraction of sp³-hybridized carbons (Fsp3) is 0.576. The minimum atomic E-state index is 0.0207. The molecule has 0 bridgehead atoms. The normalized spacial score (nSPS) is 14.6. The summed E-state index contributed by atoms with van der Waals surface area (Å²) in [6.45, 7) is 4.83. The summed E-state index contributed by atoms with van der Waals surface area (Å²) in [6.07, 6.45) is 12.9. The lowest BCUT2D eigenvalue weighted by molar-refractivity contribution is -0.121. The van der Waals surface area contributed by atoms with E-state index in [-0.39, 0.29) is 17.9 Å². The van der Waals surface area contributed by atoms with E-state index in [9.17, 15) is 9.59 Å². The molecule has 1 N–H and O–H groups in total. The number of amides is 2. The minimum Gasteiger partial charge on any atom is -0.497 e. The van der Waals surface area contributed by atoms with Crippen molar-refractivity contribution in [3.8, 4) is 5.75 Å². The first-order valence-corrected chi connectivity index (χ1v) is 15.0. The minimum absolute atomic E-state index is 0.0207. The molecule has 39 heavy (non-hydrogen) atoms. The second-order valence-corrected chi connectivity index (χ2v) is 10.6. The van der Waals surface area contributed by atoms with E-state index in [0.29, 0.717) is 30.9 Å². The summed E-state index contributed by atoms with van der Waals surface area (Å²) in [5, 5.41) is 2.99. The number of ether oxygens (including phenoxy) is 2. The molecule has 1 atom stereocenters. The van der Waals surface area contributed by atoms with Crippen molar-refractivity contribution in [1.82, 2.24) is 10.2 Å². The molecule has 1 aliphatic rings. The first-order valence-electron chi connectivity index (χ1n) is 15.0. The van der Waals surface area contributed by atoms with E-state index in [2.05, 4.69) is 30.4 Å². The standard InChI is InChI=1S/C33H48N2O4/c1-3-4-21-34-32(36)20-11-9-7-5-6-8-10-14-22-39-26-30-23-27-16-12-13-17-29(27)25-35(30)33(37)28-18-15-19-31(24-28)38-2/h12-13,15-19,24,30H,3-11,14,20-23,25-26H2,1-2H3,(H,34,36). The molecule has 1 unspecified atom stereocenters. The van der Waals surface area contributed by atoms with Crippen molar-refractivity contribution in [2.75, 3.05) is 26.9 Å². The van der Waals surface area contributed by atoms with Crippen molar-refractivity contribution in [2.45, 2.75) is 96.6 Å². The fourth-order valence-electron chi connectivity index (χ4n) is 5.16. The molecule has 0 spiro atoms. The summed E-state index contributed by atoms with van der Waals surface area (Å²) in [7, 11) is 1.62. The van der Waals surface area contributed by atoms with Gasteiger partial charge in [-0.3, -0.25) is 9.59 Å². The van der Waals surface area contributed by atoms with Crippen LogP contribution >= 0.6 is 0 Å². The average Bonchev–Trinajstić information content (AvgIpc) is 2.97. The van der Waals surface area contributed by atoms with Crippen LogP contribution < -0.4 is 10.1 Å². The number of benzene rings is 2. The van der Waals surface area contributed by atoms with E-state index in [1.54, 1.807) is 7.11 Å². The zero-order valence-electron chi connectivity index (χ0n) is 24.1. The van der Waals surface area contributed by atoms with E-state index in [1.807, 2.05) is 35.2 Å². The van der Waals surface area contributed by atoms with Crippen LogP contribution in [-0.4, -0.2) is 49.6 Å². The molecule has 6 heteroatoms. The van der Waals surface area contributed by atoms with Gasteiger partial charge in [-0.2, -0.15) is 0 Å². The summed E-state index contributed by atoms with van der Waals surface area (Å²) >= 11 is 0. The fourth-order valence-corrected chi connectivity index (χ4v) is 5.16. The quantitative estimate of drug-likeness (QED) is 0.215. The number of carbonyl (C=O) groups excluding carboxylic acids is 2. The number of rotatable bonds is 18. The molecule has 0 saturated heterocycles. The van der Waals surface area contributed by atoms with Crippen molar-refractivity contribution >= 4 is 11.8 Å². The molecule has 2 amide bonds. The van der Waals surface area contributed by atoms with Crippen molar-refractivity contribution in [3.63, 3.8) is 0 Å². The Balaban J connectivity index is 1.32. The van der Waals surface area contributed by atoms with Crippen LogP contribution in [-0.2, 0) is 22.5 Å². The highest BCUT2D eigenvalue weighted by molar-refractivity contribution is 5.95. The number of nitrogens with zero attached hydrogens (tertiary/aromatic N) is 1. The van der Waals surface area contributed by atoms with E-state index in [4.69, 9.17) is 9.47 Å². The summed E-state index contributed by atoms with van der Waals surface area (Å²) in [5.74, 6) is 0.916. The van der Waals surface area contributed by atoms with E-state index in [1.165, 1.54) is 43.2 Å². The van der Waals surface area contributed by atoms with Crippen molar-refractivity contribution in [1.29, 1.82) is 0 Å². The Morgan fingerprint density at radius 1 is 0.897 bits per heavy atom. The van der Waals surface area contributed by atoms with E-state index < -0.39 is 0 Å². The van der Waals surface area contributed by atoms with Gasteiger partial charge in [-0.25, -0.2) is 0 Å². The second-order valence-electron chi connectivity index (χ2n) is 10.6. The lowest BCUT2D eigenvalue weighted by Crippen LogP contribution is -2.46. The smallest absolute Gasteiger partial charge is 0.254 e. The van der Waals surface area contributed by atoms with E-state index in [0.717, 1.165) is 51.7 Å². The maximum atomic E-state index is 13.5. The van der Waals surface area contributed by atoms with Gasteiger partial charge in [-0.1, -0.05) is 82.2 Å². The van der Waals surface area contributed by atoms with Gasteiger partial charge in [0, 0.05) is 31.7 Å². The molecule has 3 rings (SSSR count). The Bertz CT molecular complexity index is 1010. The zero-order chi connectivity index (χ0) is 27.7. The predicted octanol–water partition coefficient (Wildman–Crippen LogP) is 6.71. The highest BCUT2D eigenvalue weighted by atomic mass is 16.5. The number of fused-ring (bicyclic) bond motifs is 1. The first kappa shape index (κ1) is 30.7. The molecule has 214 valence electrons. The van der Waals surface area contributed by atoms with Gasteiger partial charge in [0.2, 0.25) is 5.91 Å². The molecular formula is C33H48N2O4. The van der Waals surface area contributed by atoms with Crippen LogP contribution in [0, 0.1) is 0 Å². The predicted molar refractivity (Wildman–Crippen MR) is 157 cm³/mol. The molecule has 1 heterocycles. The molecule has 0 aliphatic carbocycles. The van der Waals surface area contributed by atoms with Gasteiger partial charge in [0.25, 0.3) is 5.91 Å². The molecule has 2 aromatic rings. The van der Waals surface area contributed by atoms with Gasteiger partial charge in [-0.15, -0.1) is 0 Å². The maximum Gasteiger partial charge on any atom is 0.254 e. The van der Waals surface area contributed by atoms with Crippen molar-refractivity contribution < 1.29 is 19.1 Å². The Kier molecular flexibility index (Phi) is 13.9. The number of hydrogen-bond acceptors (Lipinski definition) is 4. The number of nitrogens with one attached hydrogen (secondary N) is 1. The van der Waals surface area contributed by atoms with Crippen molar-refractivity contribution in [3.05, 3.63) is 65.2 Å². The Morgan fingerprint density at radius 2 is 1.62 bits per heavy atom. The topological polar surface area (TPSA) is 67.9 Å². The van der Waals surface area contributed by atoms with Gasteiger partial charge < -0.3 is 19.7 Å². The van der Waals surface area contributed by atoms with Crippen LogP contribution in [0.4, 0.5) is 0 Å². The van der Waals surface area contributed by atoms with E-state index >= 15 is 0 Å². The third-order valence-corrected chi connectivity index (χ3v) is 7.54. The third kappa shape index (κ3) is 10.7. The van der Waals surface area contributed by atoms with Crippen LogP contribution in [0.5, 0.6) is 5.75 Å². The molecule has 0 saturated carbocycles. The Labute approximate surface area is 235 Å². The van der Waals surface area contributed by atoms with Crippen LogP contribution in [0.25, 0.3) is 0 Å². The summed E-state index contributed by atoms with van der Waals surface area (Å²) in [4.78, 5) is 27.2. The average molecular weight is 537 g/mol. The molecule has 6 nitrogen and oxygen atoms in total. The summed E-state index contributed by atoms with van der Waals surface area (Å²) in [6, 6.07) is 15.8. The van der Waals surface area contributed by atoms with Gasteiger partial charge >= 0.3 is 0 Å². The molecule has 0 fully saturated rings. The Hall–Kier alpha value is -2.86.